The second-order valence-electron chi connectivity index (χ2n) is 5.32. The fourth-order valence-corrected chi connectivity index (χ4v) is 2.87. The average Bonchev–Trinajstić information content (AvgIpc) is 2.93. The van der Waals surface area contributed by atoms with E-state index in [1.807, 2.05) is 12.3 Å². The lowest BCUT2D eigenvalue weighted by Gasteiger charge is -2.22. The van der Waals surface area contributed by atoms with Gasteiger partial charge in [-0.1, -0.05) is 12.1 Å². The van der Waals surface area contributed by atoms with Gasteiger partial charge in [0.15, 0.2) is 0 Å². The molecule has 0 N–H and O–H groups in total. The number of aryl methyl sites for hydroxylation is 1. The maximum absolute atomic E-state index is 13.0. The molecule has 0 bridgehead atoms. The van der Waals surface area contributed by atoms with Crippen molar-refractivity contribution in [3.8, 4) is 0 Å². The lowest BCUT2D eigenvalue weighted by Crippen LogP contribution is -2.33. The van der Waals surface area contributed by atoms with Crippen molar-refractivity contribution in [1.29, 1.82) is 0 Å². The Morgan fingerprint density at radius 2 is 2.09 bits per heavy atom. The molecule has 1 amide bonds. The minimum Gasteiger partial charge on any atom is -0.385 e. The molecule has 0 atom stereocenters. The molecule has 6 heteroatoms. The molecule has 1 aromatic heterocycles. The Bertz CT molecular complexity index is 628. The number of aromatic nitrogens is 1. The maximum Gasteiger partial charge on any atom is 0.228 e. The van der Waals surface area contributed by atoms with Gasteiger partial charge in [-0.3, -0.25) is 4.79 Å². The van der Waals surface area contributed by atoms with Crippen molar-refractivity contribution in [2.75, 3.05) is 20.3 Å². The molecule has 0 fully saturated rings. The summed E-state index contributed by atoms with van der Waals surface area (Å²) >= 11 is 1.54. The first-order valence-electron chi connectivity index (χ1n) is 7.50. The number of ether oxygens (including phenoxy) is 1. The molecule has 1 heterocycles. The summed E-state index contributed by atoms with van der Waals surface area (Å²) in [6.45, 7) is 3.59. The minimum atomic E-state index is -0.274. The van der Waals surface area contributed by atoms with Crippen LogP contribution in [0, 0.1) is 12.7 Å². The van der Waals surface area contributed by atoms with E-state index in [2.05, 4.69) is 4.98 Å². The summed E-state index contributed by atoms with van der Waals surface area (Å²) in [5.74, 6) is -0.250. The summed E-state index contributed by atoms with van der Waals surface area (Å²) < 4.78 is 18.1. The third-order valence-corrected chi connectivity index (χ3v) is 4.24. The van der Waals surface area contributed by atoms with Gasteiger partial charge in [0, 0.05) is 32.2 Å². The van der Waals surface area contributed by atoms with Gasteiger partial charge in [0.2, 0.25) is 5.91 Å². The molecule has 0 aliphatic heterocycles. The van der Waals surface area contributed by atoms with Crippen molar-refractivity contribution in [3.05, 3.63) is 51.7 Å². The summed E-state index contributed by atoms with van der Waals surface area (Å²) in [4.78, 5) is 18.7. The van der Waals surface area contributed by atoms with Crippen molar-refractivity contribution < 1.29 is 13.9 Å². The third-order valence-electron chi connectivity index (χ3n) is 3.41. The number of amides is 1. The van der Waals surface area contributed by atoms with Crippen molar-refractivity contribution >= 4 is 17.2 Å². The van der Waals surface area contributed by atoms with E-state index in [1.165, 1.54) is 12.1 Å². The van der Waals surface area contributed by atoms with Gasteiger partial charge in [0.25, 0.3) is 0 Å². The second-order valence-corrected chi connectivity index (χ2v) is 6.38. The van der Waals surface area contributed by atoms with E-state index < -0.39 is 0 Å². The molecule has 2 aromatic rings. The Morgan fingerprint density at radius 3 is 2.70 bits per heavy atom. The first kappa shape index (κ1) is 17.6. The first-order valence-corrected chi connectivity index (χ1v) is 8.38. The zero-order valence-corrected chi connectivity index (χ0v) is 14.2. The molecule has 124 valence electrons. The number of hydrogen-bond donors (Lipinski definition) is 0. The SMILES string of the molecule is COCCCN(Cc1ccc(F)cc1)C(=O)Cc1csc(C)n1. The van der Waals surface area contributed by atoms with Crippen LogP contribution in [0.1, 0.15) is 22.7 Å². The van der Waals surface area contributed by atoms with E-state index in [1.54, 1.807) is 35.5 Å². The Morgan fingerprint density at radius 1 is 1.35 bits per heavy atom. The number of methoxy groups -OCH3 is 1. The Kier molecular flexibility index (Phi) is 6.67. The van der Waals surface area contributed by atoms with Crippen LogP contribution in [-0.2, 0) is 22.5 Å². The van der Waals surface area contributed by atoms with Crippen LogP contribution in [0.15, 0.2) is 29.6 Å². The molecule has 0 saturated carbocycles. The van der Waals surface area contributed by atoms with E-state index in [4.69, 9.17) is 4.74 Å². The highest BCUT2D eigenvalue weighted by Crippen LogP contribution is 2.12. The zero-order chi connectivity index (χ0) is 16.7. The molecule has 1 aromatic carbocycles. The number of rotatable bonds is 8. The van der Waals surface area contributed by atoms with Crippen LogP contribution in [0.4, 0.5) is 4.39 Å². The summed E-state index contributed by atoms with van der Waals surface area (Å²) in [6.07, 6.45) is 1.05. The summed E-state index contributed by atoms with van der Waals surface area (Å²) in [5.41, 5.74) is 1.71. The highest BCUT2D eigenvalue weighted by Gasteiger charge is 2.16. The van der Waals surface area contributed by atoms with Gasteiger partial charge < -0.3 is 9.64 Å². The van der Waals surface area contributed by atoms with Crippen LogP contribution in [0.3, 0.4) is 0 Å². The highest BCUT2D eigenvalue weighted by molar-refractivity contribution is 7.09. The van der Waals surface area contributed by atoms with E-state index in [9.17, 15) is 9.18 Å². The zero-order valence-electron chi connectivity index (χ0n) is 13.4. The quantitative estimate of drug-likeness (QED) is 0.695. The van der Waals surface area contributed by atoms with Gasteiger partial charge in [-0.25, -0.2) is 9.37 Å². The van der Waals surface area contributed by atoms with E-state index in [-0.39, 0.29) is 11.7 Å². The molecule has 0 spiro atoms. The van der Waals surface area contributed by atoms with Gasteiger partial charge in [0.1, 0.15) is 5.82 Å². The normalized spacial score (nSPS) is 10.7. The van der Waals surface area contributed by atoms with Crippen molar-refractivity contribution in [2.24, 2.45) is 0 Å². The van der Waals surface area contributed by atoms with E-state index in [0.717, 1.165) is 22.7 Å². The van der Waals surface area contributed by atoms with Gasteiger partial charge in [-0.15, -0.1) is 11.3 Å². The molecule has 4 nitrogen and oxygen atoms in total. The number of carbonyl (C=O) groups is 1. The number of thiazole rings is 1. The number of carbonyl (C=O) groups excluding carboxylic acids is 1. The topological polar surface area (TPSA) is 42.4 Å². The van der Waals surface area contributed by atoms with Crippen molar-refractivity contribution in [2.45, 2.75) is 26.3 Å². The molecule has 0 radical (unpaired) electrons. The summed E-state index contributed by atoms with van der Waals surface area (Å²) in [7, 11) is 1.64. The third kappa shape index (κ3) is 5.73. The van der Waals surface area contributed by atoms with E-state index in [0.29, 0.717) is 26.1 Å². The van der Waals surface area contributed by atoms with Crippen LogP contribution >= 0.6 is 11.3 Å². The smallest absolute Gasteiger partial charge is 0.228 e. The highest BCUT2D eigenvalue weighted by atomic mass is 32.1. The Hall–Kier alpha value is -1.79. The van der Waals surface area contributed by atoms with Crippen molar-refractivity contribution in [1.82, 2.24) is 9.88 Å². The Balaban J connectivity index is 2.02. The average molecular weight is 336 g/mol. The standard InChI is InChI=1S/C17H21FN2O2S/c1-13-19-16(12-23-13)10-17(21)20(8-3-9-22-2)11-14-4-6-15(18)7-5-14/h4-7,12H,3,8-11H2,1-2H3. The lowest BCUT2D eigenvalue weighted by molar-refractivity contribution is -0.131. The molecule has 23 heavy (non-hydrogen) atoms. The number of halogens is 1. The summed E-state index contributed by atoms with van der Waals surface area (Å²) in [6, 6.07) is 6.24. The van der Waals surface area contributed by atoms with Crippen LogP contribution < -0.4 is 0 Å². The van der Waals surface area contributed by atoms with Crippen molar-refractivity contribution in [3.63, 3.8) is 0 Å². The van der Waals surface area contributed by atoms with Crippen LogP contribution in [-0.4, -0.2) is 36.1 Å². The van der Waals surface area contributed by atoms with Gasteiger partial charge in [0.05, 0.1) is 17.1 Å². The molecule has 0 aliphatic rings. The van der Waals surface area contributed by atoms with Gasteiger partial charge >= 0.3 is 0 Å². The fraction of sp³-hybridized carbons (Fsp3) is 0.412. The fourth-order valence-electron chi connectivity index (χ4n) is 2.26. The van der Waals surface area contributed by atoms with Crippen LogP contribution in [0.5, 0.6) is 0 Å². The first-order chi connectivity index (χ1) is 11.1. The predicted octanol–water partition coefficient (Wildman–Crippen LogP) is 3.20. The van der Waals surface area contributed by atoms with Crippen LogP contribution in [0.2, 0.25) is 0 Å². The van der Waals surface area contributed by atoms with Gasteiger partial charge in [-0.2, -0.15) is 0 Å². The molecular formula is C17H21FN2O2S. The second kappa shape index (κ2) is 8.74. The number of hydrogen-bond acceptors (Lipinski definition) is 4. The van der Waals surface area contributed by atoms with E-state index >= 15 is 0 Å². The molecule has 0 aliphatic carbocycles. The molecule has 2 rings (SSSR count). The number of nitrogens with zero attached hydrogens (tertiary/aromatic N) is 2. The molecule has 0 unspecified atom stereocenters. The molecule has 0 saturated heterocycles. The minimum absolute atomic E-state index is 0.0238. The van der Waals surface area contributed by atoms with Crippen LogP contribution in [0.25, 0.3) is 0 Å². The summed E-state index contributed by atoms with van der Waals surface area (Å²) in [5, 5.41) is 2.87. The lowest BCUT2D eigenvalue weighted by atomic mass is 10.2. The maximum atomic E-state index is 13.0. The molecular weight excluding hydrogens is 315 g/mol. The number of benzene rings is 1. The Labute approximate surface area is 139 Å². The monoisotopic (exact) mass is 336 g/mol. The predicted molar refractivity (Wildman–Crippen MR) is 88.9 cm³/mol. The van der Waals surface area contributed by atoms with Gasteiger partial charge in [-0.05, 0) is 31.0 Å². The largest absolute Gasteiger partial charge is 0.385 e.